The van der Waals surface area contributed by atoms with Crippen LogP contribution in [0.4, 0.5) is 39.5 Å². The first-order chi connectivity index (χ1) is 18.2. The molecule has 1 heterocycles. The first-order valence-electron chi connectivity index (χ1n) is 10.7. The van der Waals surface area contributed by atoms with Crippen LogP contribution in [0, 0.1) is 0 Å². The van der Waals surface area contributed by atoms with Crippen molar-refractivity contribution in [2.24, 2.45) is 0 Å². The Kier molecular flexibility index (Phi) is 7.35. The van der Waals surface area contributed by atoms with Crippen molar-refractivity contribution in [3.8, 4) is 50.8 Å². The number of nitrogens with zero attached hydrogens (tertiary/aromatic N) is 1. The fourth-order valence-electron chi connectivity index (χ4n) is 3.66. The Bertz CT molecular complexity index is 1460. The Morgan fingerprint density at radius 2 is 0.846 bits per heavy atom. The molecule has 0 aliphatic heterocycles. The maximum absolute atomic E-state index is 12.8. The van der Waals surface area contributed by atoms with Crippen molar-refractivity contribution in [2.45, 2.75) is 19.1 Å². The van der Waals surface area contributed by atoms with Crippen LogP contribution in [0.5, 0.6) is 17.2 Å². The Hall–Kier alpha value is -4.42. The van der Waals surface area contributed by atoms with E-state index in [2.05, 4.69) is 19.2 Å². The third kappa shape index (κ3) is 7.79. The molecule has 0 radical (unpaired) electrons. The van der Waals surface area contributed by atoms with Gasteiger partial charge in [0.05, 0.1) is 5.69 Å². The van der Waals surface area contributed by atoms with Gasteiger partial charge in [-0.15, -0.1) is 39.5 Å². The van der Waals surface area contributed by atoms with Crippen molar-refractivity contribution >= 4 is 0 Å². The largest absolute Gasteiger partial charge is 0.573 e. The van der Waals surface area contributed by atoms with Crippen LogP contribution < -0.4 is 14.2 Å². The highest BCUT2D eigenvalue weighted by molar-refractivity contribution is 5.86. The summed E-state index contributed by atoms with van der Waals surface area (Å²) >= 11 is 0. The molecule has 3 aromatic carbocycles. The average molecular weight is 559 g/mol. The first kappa shape index (κ1) is 27.6. The molecule has 0 aliphatic rings. The number of benzene rings is 3. The predicted octanol–water partition coefficient (Wildman–Crippen LogP) is 8.78. The average Bonchev–Trinajstić information content (AvgIpc) is 2.81. The molecule has 39 heavy (non-hydrogen) atoms. The van der Waals surface area contributed by atoms with E-state index in [9.17, 15) is 39.5 Å². The molecule has 4 aromatic rings. The summed E-state index contributed by atoms with van der Waals surface area (Å²) in [7, 11) is 0. The van der Waals surface area contributed by atoms with Gasteiger partial charge in [0.25, 0.3) is 0 Å². The topological polar surface area (TPSA) is 40.6 Å². The molecule has 0 N–H and O–H groups in total. The number of halogens is 9. The van der Waals surface area contributed by atoms with E-state index in [4.69, 9.17) is 0 Å². The zero-order valence-corrected chi connectivity index (χ0v) is 19.2. The summed E-state index contributed by atoms with van der Waals surface area (Å²) in [5, 5.41) is 0. The minimum absolute atomic E-state index is 0.103. The second-order valence-electron chi connectivity index (χ2n) is 7.84. The van der Waals surface area contributed by atoms with Crippen molar-refractivity contribution in [1.82, 2.24) is 4.98 Å². The lowest BCUT2D eigenvalue weighted by Crippen LogP contribution is -2.17. The van der Waals surface area contributed by atoms with Crippen molar-refractivity contribution in [1.29, 1.82) is 0 Å². The molecule has 0 bridgehead atoms. The van der Waals surface area contributed by atoms with E-state index in [-0.39, 0.29) is 33.5 Å². The predicted molar refractivity (Wildman–Crippen MR) is 121 cm³/mol. The summed E-state index contributed by atoms with van der Waals surface area (Å²) < 4.78 is 127. The second kappa shape index (κ2) is 10.4. The quantitative estimate of drug-likeness (QED) is 0.222. The number of alkyl halides is 9. The Labute approximate surface area is 214 Å². The van der Waals surface area contributed by atoms with Crippen LogP contribution in [0.25, 0.3) is 33.5 Å². The minimum Gasteiger partial charge on any atom is -0.406 e. The third-order valence-corrected chi connectivity index (χ3v) is 5.02. The van der Waals surface area contributed by atoms with E-state index in [0.717, 1.165) is 36.4 Å². The van der Waals surface area contributed by atoms with Gasteiger partial charge in [-0.3, -0.25) is 4.98 Å². The zero-order chi connectivity index (χ0) is 28.4. The fraction of sp³-hybridized carbons (Fsp3) is 0.115. The maximum atomic E-state index is 12.8. The van der Waals surface area contributed by atoms with Crippen LogP contribution in [0.15, 0.2) is 85.1 Å². The van der Waals surface area contributed by atoms with Crippen molar-refractivity contribution in [3.63, 3.8) is 0 Å². The van der Waals surface area contributed by atoms with Gasteiger partial charge in [0.15, 0.2) is 0 Å². The highest BCUT2D eigenvalue weighted by atomic mass is 19.4. The van der Waals surface area contributed by atoms with Crippen LogP contribution in [-0.2, 0) is 0 Å². The van der Waals surface area contributed by atoms with Crippen LogP contribution in [0.1, 0.15) is 0 Å². The van der Waals surface area contributed by atoms with Gasteiger partial charge in [0.1, 0.15) is 17.2 Å². The molecule has 0 fully saturated rings. The summed E-state index contributed by atoms with van der Waals surface area (Å²) in [5.74, 6) is -1.66. The molecule has 0 spiro atoms. The zero-order valence-electron chi connectivity index (χ0n) is 19.2. The van der Waals surface area contributed by atoms with E-state index in [1.54, 1.807) is 0 Å². The van der Waals surface area contributed by atoms with Gasteiger partial charge in [-0.2, -0.15) is 0 Å². The van der Waals surface area contributed by atoms with Crippen LogP contribution in [-0.4, -0.2) is 24.1 Å². The number of hydrogen-bond acceptors (Lipinski definition) is 4. The van der Waals surface area contributed by atoms with Crippen LogP contribution in [0.2, 0.25) is 0 Å². The summed E-state index contributed by atoms with van der Waals surface area (Å²) in [4.78, 5) is 4.22. The SMILES string of the molecule is FC(F)(F)Oc1cccc(-c2cc(-c3cccc(OC(F)(F)F)c3)c(-c3cccc(OC(F)(F)F)c3)cn2)c1. The highest BCUT2D eigenvalue weighted by Crippen LogP contribution is 2.38. The Morgan fingerprint density at radius 1 is 0.462 bits per heavy atom. The molecule has 0 unspecified atom stereocenters. The van der Waals surface area contributed by atoms with E-state index in [1.165, 1.54) is 48.7 Å². The van der Waals surface area contributed by atoms with Crippen LogP contribution >= 0.6 is 0 Å². The number of rotatable bonds is 6. The molecule has 0 amide bonds. The number of hydrogen-bond donors (Lipinski definition) is 0. The molecular weight excluding hydrogens is 545 g/mol. The smallest absolute Gasteiger partial charge is 0.406 e. The number of ether oxygens (including phenoxy) is 3. The van der Waals surface area contributed by atoms with Gasteiger partial charge in [0, 0.05) is 17.3 Å². The third-order valence-electron chi connectivity index (χ3n) is 5.02. The van der Waals surface area contributed by atoms with Crippen LogP contribution in [0.3, 0.4) is 0 Å². The molecule has 4 rings (SSSR count). The molecule has 0 atom stereocenters. The summed E-state index contributed by atoms with van der Waals surface area (Å²) in [6.07, 6.45) is -13.7. The molecular formula is C26H14F9NO3. The number of pyridine rings is 1. The van der Waals surface area contributed by atoms with Crippen molar-refractivity contribution < 1.29 is 53.7 Å². The van der Waals surface area contributed by atoms with Gasteiger partial charge in [0.2, 0.25) is 0 Å². The van der Waals surface area contributed by atoms with E-state index >= 15 is 0 Å². The maximum Gasteiger partial charge on any atom is 0.573 e. The summed E-state index contributed by atoms with van der Waals surface area (Å²) in [5.41, 5.74) is 0.979. The molecule has 13 heteroatoms. The first-order valence-corrected chi connectivity index (χ1v) is 10.7. The van der Waals surface area contributed by atoms with E-state index in [1.807, 2.05) is 0 Å². The molecule has 0 saturated carbocycles. The Morgan fingerprint density at radius 3 is 1.28 bits per heavy atom. The molecule has 4 nitrogen and oxygen atoms in total. The summed E-state index contributed by atoms with van der Waals surface area (Å²) in [6, 6.07) is 15.8. The number of aromatic nitrogens is 1. The lowest BCUT2D eigenvalue weighted by atomic mass is 9.94. The monoisotopic (exact) mass is 559 g/mol. The van der Waals surface area contributed by atoms with Gasteiger partial charge < -0.3 is 14.2 Å². The lowest BCUT2D eigenvalue weighted by Gasteiger charge is -2.16. The normalized spacial score (nSPS) is 12.2. The van der Waals surface area contributed by atoms with E-state index in [0.29, 0.717) is 0 Å². The van der Waals surface area contributed by atoms with E-state index < -0.39 is 36.3 Å². The lowest BCUT2D eigenvalue weighted by molar-refractivity contribution is -0.275. The van der Waals surface area contributed by atoms with Gasteiger partial charge in [-0.1, -0.05) is 36.4 Å². The van der Waals surface area contributed by atoms with Crippen molar-refractivity contribution in [3.05, 3.63) is 85.1 Å². The summed E-state index contributed by atoms with van der Waals surface area (Å²) in [6.45, 7) is 0. The highest BCUT2D eigenvalue weighted by Gasteiger charge is 2.33. The van der Waals surface area contributed by atoms with Gasteiger partial charge >= 0.3 is 19.1 Å². The fourth-order valence-corrected chi connectivity index (χ4v) is 3.66. The van der Waals surface area contributed by atoms with Gasteiger partial charge in [-0.25, -0.2) is 0 Å². The molecule has 0 saturated heterocycles. The molecule has 204 valence electrons. The second-order valence-corrected chi connectivity index (χ2v) is 7.84. The van der Waals surface area contributed by atoms with Crippen molar-refractivity contribution in [2.75, 3.05) is 0 Å². The minimum atomic E-state index is -4.99. The van der Waals surface area contributed by atoms with Gasteiger partial charge in [-0.05, 0) is 59.2 Å². The Balaban J connectivity index is 1.85. The molecule has 1 aromatic heterocycles. The standard InChI is InChI=1S/C26H14F9NO3/c27-24(28,29)37-18-7-1-4-15(10-18)21-13-23(17-6-3-9-20(12-17)39-26(33,34)35)36-14-22(21)16-5-2-8-19(11-16)38-25(30,31)32/h1-14H. The molecule has 0 aliphatic carbocycles.